The van der Waals surface area contributed by atoms with Gasteiger partial charge in [-0.1, -0.05) is 29.8 Å². The molecule has 0 N–H and O–H groups in total. The van der Waals surface area contributed by atoms with E-state index < -0.39 is 0 Å². The normalized spacial score (nSPS) is 11.0. The van der Waals surface area contributed by atoms with Crippen molar-refractivity contribution >= 4 is 12.2 Å². The minimum atomic E-state index is 0.518. The molecule has 0 radical (unpaired) electrons. The number of rotatable bonds is 2. The Labute approximate surface area is 101 Å². The summed E-state index contributed by atoms with van der Waals surface area (Å²) in [4.78, 5) is 12.8. The molecule has 17 heavy (non-hydrogen) atoms. The van der Waals surface area contributed by atoms with Crippen LogP contribution in [-0.4, -0.2) is 16.2 Å². The zero-order chi connectivity index (χ0) is 12.3. The van der Waals surface area contributed by atoms with Crippen LogP contribution in [0.15, 0.2) is 35.3 Å². The van der Waals surface area contributed by atoms with E-state index >= 15 is 0 Å². The van der Waals surface area contributed by atoms with Crippen LogP contribution in [0.4, 0.5) is 5.95 Å². The summed E-state index contributed by atoms with van der Waals surface area (Å²) < 4.78 is 0. The molecule has 0 aliphatic heterocycles. The van der Waals surface area contributed by atoms with E-state index in [0.717, 1.165) is 17.0 Å². The molecule has 86 valence electrons. The second-order valence-electron chi connectivity index (χ2n) is 4.12. The van der Waals surface area contributed by atoms with Crippen molar-refractivity contribution in [2.45, 2.75) is 20.8 Å². The van der Waals surface area contributed by atoms with Gasteiger partial charge in [0.25, 0.3) is 0 Å². The molecule has 0 fully saturated rings. The molecule has 0 saturated heterocycles. The molecule has 1 aromatic heterocycles. The van der Waals surface area contributed by atoms with Crippen molar-refractivity contribution in [3.63, 3.8) is 0 Å². The van der Waals surface area contributed by atoms with E-state index in [2.05, 4.69) is 34.0 Å². The maximum absolute atomic E-state index is 4.29. The Bertz CT molecular complexity index is 539. The van der Waals surface area contributed by atoms with Crippen LogP contribution in [0.3, 0.4) is 0 Å². The molecule has 0 saturated carbocycles. The standard InChI is InChI=1S/C14H15N3/c1-10-5-4-6-13(7-10)9-15-14-16-11(2)8-12(3)17-14/h4-9H,1-3H3/b15-9+. The van der Waals surface area contributed by atoms with Gasteiger partial charge >= 0.3 is 0 Å². The molecule has 0 spiro atoms. The lowest BCUT2D eigenvalue weighted by Crippen LogP contribution is -1.90. The van der Waals surface area contributed by atoms with Crippen LogP contribution in [0, 0.1) is 20.8 Å². The Morgan fingerprint density at radius 2 is 1.71 bits per heavy atom. The highest BCUT2D eigenvalue weighted by Gasteiger charge is 1.96. The van der Waals surface area contributed by atoms with Crippen LogP contribution in [-0.2, 0) is 0 Å². The maximum atomic E-state index is 4.29. The Morgan fingerprint density at radius 3 is 2.35 bits per heavy atom. The number of hydrogen-bond acceptors (Lipinski definition) is 3. The van der Waals surface area contributed by atoms with Gasteiger partial charge in [0.05, 0.1) is 0 Å². The predicted octanol–water partition coefficient (Wildman–Crippen LogP) is 3.15. The largest absolute Gasteiger partial charge is 0.249 e. The average molecular weight is 225 g/mol. The first-order chi connectivity index (χ1) is 8.13. The van der Waals surface area contributed by atoms with E-state index in [1.54, 1.807) is 6.21 Å². The number of hydrogen-bond donors (Lipinski definition) is 0. The van der Waals surface area contributed by atoms with Gasteiger partial charge in [-0.05, 0) is 32.4 Å². The third-order valence-corrected chi connectivity index (χ3v) is 2.34. The van der Waals surface area contributed by atoms with Gasteiger partial charge in [0, 0.05) is 17.6 Å². The fraction of sp³-hybridized carbons (Fsp3) is 0.214. The second-order valence-corrected chi connectivity index (χ2v) is 4.12. The number of aryl methyl sites for hydroxylation is 3. The third kappa shape index (κ3) is 3.21. The van der Waals surface area contributed by atoms with Crippen molar-refractivity contribution in [3.8, 4) is 0 Å². The summed E-state index contributed by atoms with van der Waals surface area (Å²) >= 11 is 0. The third-order valence-electron chi connectivity index (χ3n) is 2.34. The molecule has 2 aromatic rings. The average Bonchev–Trinajstić information content (AvgIpc) is 2.25. The molecule has 0 aliphatic carbocycles. The fourth-order valence-electron chi connectivity index (χ4n) is 1.65. The van der Waals surface area contributed by atoms with E-state index in [1.165, 1.54) is 5.56 Å². The zero-order valence-electron chi connectivity index (χ0n) is 10.3. The predicted molar refractivity (Wildman–Crippen MR) is 69.9 cm³/mol. The van der Waals surface area contributed by atoms with Crippen molar-refractivity contribution in [1.82, 2.24) is 9.97 Å². The van der Waals surface area contributed by atoms with E-state index in [0.29, 0.717) is 5.95 Å². The lowest BCUT2D eigenvalue weighted by Gasteiger charge is -1.98. The van der Waals surface area contributed by atoms with Crippen LogP contribution < -0.4 is 0 Å². The Kier molecular flexibility index (Phi) is 3.28. The van der Waals surface area contributed by atoms with Crippen molar-refractivity contribution < 1.29 is 0 Å². The van der Waals surface area contributed by atoms with Gasteiger partial charge in [0.1, 0.15) is 0 Å². The number of aliphatic imine (C=N–C) groups is 1. The zero-order valence-corrected chi connectivity index (χ0v) is 10.3. The van der Waals surface area contributed by atoms with E-state index in [-0.39, 0.29) is 0 Å². The highest BCUT2D eigenvalue weighted by molar-refractivity contribution is 5.81. The second kappa shape index (κ2) is 4.87. The first-order valence-corrected chi connectivity index (χ1v) is 5.56. The van der Waals surface area contributed by atoms with Gasteiger partial charge < -0.3 is 0 Å². The summed E-state index contributed by atoms with van der Waals surface area (Å²) in [7, 11) is 0. The summed E-state index contributed by atoms with van der Waals surface area (Å²) in [6, 6.07) is 10.1. The van der Waals surface area contributed by atoms with Crippen molar-refractivity contribution in [2.24, 2.45) is 4.99 Å². The molecule has 2 rings (SSSR count). The smallest absolute Gasteiger partial charge is 0.219 e. The maximum Gasteiger partial charge on any atom is 0.249 e. The molecular weight excluding hydrogens is 210 g/mol. The minimum absolute atomic E-state index is 0.518. The number of nitrogens with zero attached hydrogens (tertiary/aromatic N) is 3. The van der Waals surface area contributed by atoms with Crippen LogP contribution >= 0.6 is 0 Å². The molecule has 1 aromatic carbocycles. The first-order valence-electron chi connectivity index (χ1n) is 5.56. The van der Waals surface area contributed by atoms with E-state index in [9.17, 15) is 0 Å². The van der Waals surface area contributed by atoms with Crippen LogP contribution in [0.2, 0.25) is 0 Å². The lowest BCUT2D eigenvalue weighted by molar-refractivity contribution is 1.04. The summed E-state index contributed by atoms with van der Waals surface area (Å²) in [6.45, 7) is 5.95. The van der Waals surface area contributed by atoms with Gasteiger partial charge in [-0.25, -0.2) is 15.0 Å². The van der Waals surface area contributed by atoms with E-state index in [1.807, 2.05) is 32.0 Å². The highest BCUT2D eigenvalue weighted by Crippen LogP contribution is 2.08. The monoisotopic (exact) mass is 225 g/mol. The summed E-state index contributed by atoms with van der Waals surface area (Å²) in [6.07, 6.45) is 1.79. The van der Waals surface area contributed by atoms with Crippen LogP contribution in [0.5, 0.6) is 0 Å². The lowest BCUT2D eigenvalue weighted by atomic mass is 10.2. The first kappa shape index (κ1) is 11.5. The minimum Gasteiger partial charge on any atom is -0.219 e. The van der Waals surface area contributed by atoms with Gasteiger partial charge in [-0.2, -0.15) is 0 Å². The molecule has 0 bridgehead atoms. The van der Waals surface area contributed by atoms with E-state index in [4.69, 9.17) is 0 Å². The van der Waals surface area contributed by atoms with Crippen molar-refractivity contribution in [3.05, 3.63) is 52.8 Å². The molecule has 3 heteroatoms. The Balaban J connectivity index is 2.25. The van der Waals surface area contributed by atoms with Gasteiger partial charge in [-0.15, -0.1) is 0 Å². The molecule has 0 aliphatic rings. The summed E-state index contributed by atoms with van der Waals surface area (Å²) in [5.41, 5.74) is 4.16. The van der Waals surface area contributed by atoms with Gasteiger partial charge in [0.15, 0.2) is 0 Å². The molecule has 0 amide bonds. The van der Waals surface area contributed by atoms with Crippen molar-refractivity contribution in [1.29, 1.82) is 0 Å². The highest BCUT2D eigenvalue weighted by atomic mass is 15.0. The fourth-order valence-corrected chi connectivity index (χ4v) is 1.65. The Hall–Kier alpha value is -2.03. The summed E-state index contributed by atoms with van der Waals surface area (Å²) in [5.74, 6) is 0.518. The van der Waals surface area contributed by atoms with Gasteiger partial charge in [-0.3, -0.25) is 0 Å². The molecular formula is C14H15N3. The quantitative estimate of drug-likeness (QED) is 0.736. The topological polar surface area (TPSA) is 38.1 Å². The van der Waals surface area contributed by atoms with Crippen molar-refractivity contribution in [2.75, 3.05) is 0 Å². The molecule has 0 atom stereocenters. The number of aromatic nitrogens is 2. The molecule has 3 nitrogen and oxygen atoms in total. The van der Waals surface area contributed by atoms with Crippen LogP contribution in [0.25, 0.3) is 0 Å². The van der Waals surface area contributed by atoms with Crippen LogP contribution in [0.1, 0.15) is 22.5 Å². The molecule has 0 unspecified atom stereocenters. The SMILES string of the molecule is Cc1cccc(/C=N/c2nc(C)cc(C)n2)c1. The molecule has 1 heterocycles. The summed E-state index contributed by atoms with van der Waals surface area (Å²) in [5, 5.41) is 0. The number of benzene rings is 1. The Morgan fingerprint density at radius 1 is 1.00 bits per heavy atom. The van der Waals surface area contributed by atoms with Gasteiger partial charge in [0.2, 0.25) is 5.95 Å².